The Morgan fingerprint density at radius 3 is 1.65 bits per heavy atom. The molecule has 16 heteroatoms. The fourth-order valence-corrected chi connectivity index (χ4v) is 7.76. The number of thioether (sulfide) groups is 2. The summed E-state index contributed by atoms with van der Waals surface area (Å²) in [6.07, 6.45) is 12.2. The van der Waals surface area contributed by atoms with Crippen LogP contribution >= 0.6 is 23.5 Å². The smallest absolute Gasteiger partial charge is 0.290 e. The van der Waals surface area contributed by atoms with E-state index in [2.05, 4.69) is 64.3 Å². The number of imide groups is 2. The van der Waals surface area contributed by atoms with Crippen molar-refractivity contribution >= 4 is 69.9 Å². The Kier molecular flexibility index (Phi) is 11.6. The van der Waals surface area contributed by atoms with Gasteiger partial charge in [-0.25, -0.2) is 19.9 Å². The van der Waals surface area contributed by atoms with Crippen LogP contribution in [0.4, 0.5) is 21.5 Å². The maximum atomic E-state index is 11.9. The van der Waals surface area contributed by atoms with E-state index in [1.165, 1.54) is 6.42 Å². The normalized spacial score (nSPS) is 21.1. The van der Waals surface area contributed by atoms with Crippen molar-refractivity contribution in [2.45, 2.75) is 32.1 Å². The van der Waals surface area contributed by atoms with Gasteiger partial charge in [-0.3, -0.25) is 29.8 Å². The zero-order valence-electron chi connectivity index (χ0n) is 27.8. The summed E-state index contributed by atoms with van der Waals surface area (Å²) in [7, 11) is 4.43. The fraction of sp³-hybridized carbons (Fsp3) is 0.515. The molecule has 0 unspecified atom stereocenters. The molecule has 2 N–H and O–H groups in total. The monoisotopic (exact) mass is 706 g/mol. The summed E-state index contributed by atoms with van der Waals surface area (Å²) in [6, 6.07) is 3.50. The third-order valence-corrected chi connectivity index (χ3v) is 10.9. The van der Waals surface area contributed by atoms with Gasteiger partial charge in [0.15, 0.2) is 0 Å². The van der Waals surface area contributed by atoms with Gasteiger partial charge >= 0.3 is 0 Å². The van der Waals surface area contributed by atoms with E-state index in [0.717, 1.165) is 102 Å². The number of piperidine rings is 2. The van der Waals surface area contributed by atoms with Gasteiger partial charge in [0.05, 0.1) is 21.2 Å². The maximum absolute atomic E-state index is 11.9. The molecule has 2 aromatic rings. The number of carbonyl (C=O) groups is 4. The van der Waals surface area contributed by atoms with Crippen LogP contribution in [0.15, 0.2) is 34.3 Å². The van der Waals surface area contributed by atoms with Crippen molar-refractivity contribution in [3.63, 3.8) is 0 Å². The number of hydrogen-bond acceptors (Lipinski definition) is 14. The molecule has 0 bridgehead atoms. The summed E-state index contributed by atoms with van der Waals surface area (Å²) in [5.74, 6) is 1.85. The van der Waals surface area contributed by atoms with Gasteiger partial charge in [0.1, 0.15) is 0 Å². The van der Waals surface area contributed by atoms with Crippen LogP contribution < -0.4 is 20.4 Å². The molecule has 6 heterocycles. The molecule has 0 aromatic carbocycles. The predicted octanol–water partition coefficient (Wildman–Crippen LogP) is 3.30. The largest absolute Gasteiger partial charge is 0.341 e. The molecule has 0 radical (unpaired) electrons. The fourth-order valence-electron chi connectivity index (χ4n) is 6.43. The van der Waals surface area contributed by atoms with E-state index in [0.29, 0.717) is 44.9 Å². The van der Waals surface area contributed by atoms with Crippen LogP contribution in [-0.2, 0) is 9.59 Å². The zero-order valence-corrected chi connectivity index (χ0v) is 29.5. The molecular weight excluding hydrogens is 665 g/mol. The van der Waals surface area contributed by atoms with E-state index < -0.39 is 0 Å². The zero-order chi connectivity index (χ0) is 34.3. The second-order valence-corrected chi connectivity index (χ2v) is 15.0. The second-order valence-electron chi connectivity index (χ2n) is 13.0. The molecule has 2 aromatic heterocycles. The van der Waals surface area contributed by atoms with Crippen molar-refractivity contribution < 1.29 is 19.2 Å². The first kappa shape index (κ1) is 35.0. The number of anilines is 2. The third-order valence-electron chi connectivity index (χ3n) is 9.32. The van der Waals surface area contributed by atoms with Crippen LogP contribution in [-0.4, -0.2) is 118 Å². The molecule has 260 valence electrons. The van der Waals surface area contributed by atoms with Gasteiger partial charge < -0.3 is 19.6 Å². The van der Waals surface area contributed by atoms with Gasteiger partial charge in [0, 0.05) is 58.2 Å². The number of nitrogens with one attached hydrogen (secondary N) is 2. The summed E-state index contributed by atoms with van der Waals surface area (Å²) < 4.78 is 0. The van der Waals surface area contributed by atoms with Crippen molar-refractivity contribution in [3.8, 4) is 0 Å². The Bertz CT molecular complexity index is 1620. The third kappa shape index (κ3) is 9.65. The topological polar surface area (TPSA) is 157 Å². The van der Waals surface area contributed by atoms with Gasteiger partial charge in [-0.05, 0) is 112 Å². The van der Waals surface area contributed by atoms with Crippen molar-refractivity contribution in [2.75, 3.05) is 76.3 Å². The van der Waals surface area contributed by atoms with E-state index >= 15 is 0 Å². The van der Waals surface area contributed by atoms with Crippen LogP contribution in [0, 0.1) is 11.8 Å². The van der Waals surface area contributed by atoms with Gasteiger partial charge in [-0.15, -0.1) is 0 Å². The highest BCUT2D eigenvalue weighted by molar-refractivity contribution is 8.18. The summed E-state index contributed by atoms with van der Waals surface area (Å²) in [5, 5.41) is 3.83. The quantitative estimate of drug-likeness (QED) is 0.310. The first-order valence-corrected chi connectivity index (χ1v) is 18.3. The van der Waals surface area contributed by atoms with Gasteiger partial charge in [-0.2, -0.15) is 0 Å². The lowest BCUT2D eigenvalue weighted by molar-refractivity contribution is -0.116. The molecule has 0 aliphatic carbocycles. The lowest BCUT2D eigenvalue weighted by atomic mass is 9.93. The Morgan fingerprint density at radius 2 is 1.18 bits per heavy atom. The lowest BCUT2D eigenvalue weighted by Gasteiger charge is -2.34. The molecule has 4 amide bonds. The van der Waals surface area contributed by atoms with Crippen LogP contribution in [0.25, 0.3) is 12.2 Å². The van der Waals surface area contributed by atoms with Crippen LogP contribution in [0.5, 0.6) is 0 Å². The van der Waals surface area contributed by atoms with E-state index in [9.17, 15) is 19.2 Å². The van der Waals surface area contributed by atoms with E-state index in [-0.39, 0.29) is 22.3 Å². The summed E-state index contributed by atoms with van der Waals surface area (Å²) in [4.78, 5) is 74.9. The van der Waals surface area contributed by atoms with Gasteiger partial charge in [0.25, 0.3) is 22.3 Å². The van der Waals surface area contributed by atoms with Crippen LogP contribution in [0.2, 0.25) is 0 Å². The standard InChI is InChI=1S/C33H42N10O4S2/c1-40(12-5-22-6-13-42(14-7-22)30-34-10-3-24(36-30)19-26-28(44)38-32(46)48-26)17-18-41(2)21-23-8-15-43(16-9-23)31-35-11-4-25(37-31)20-27-29(45)39-33(47)49-27/h3-4,10-11,19-20,22-23H,5-9,12-18,21H2,1-2H3,(H,38,44,46)(H,39,45,47). The molecule has 14 nitrogen and oxygen atoms in total. The van der Waals surface area contributed by atoms with Crippen molar-refractivity contribution in [1.82, 2.24) is 40.4 Å². The van der Waals surface area contributed by atoms with Crippen molar-refractivity contribution in [1.29, 1.82) is 0 Å². The average Bonchev–Trinajstić information content (AvgIpc) is 3.59. The molecule has 4 saturated heterocycles. The SMILES string of the molecule is CN(CCC1CCN(c2nccc(C=C3SC(=O)NC3=O)n2)CC1)CCN(C)CC1CCN(c2nccc(C=C3SC(=O)NC3=O)n2)CC1. The first-order chi connectivity index (χ1) is 23.7. The summed E-state index contributed by atoms with van der Waals surface area (Å²) in [6.45, 7) is 7.79. The molecule has 6 rings (SSSR count). The number of likely N-dealkylation sites (N-methyl/N-ethyl adjacent to an activating group) is 2. The summed E-state index contributed by atoms with van der Waals surface area (Å²) >= 11 is 1.78. The Balaban J connectivity index is 0.865. The number of amides is 4. The Labute approximate surface area is 294 Å². The van der Waals surface area contributed by atoms with E-state index in [4.69, 9.17) is 0 Å². The Hall–Kier alpha value is -3.86. The lowest BCUT2D eigenvalue weighted by Crippen LogP contribution is -2.40. The van der Waals surface area contributed by atoms with Gasteiger partial charge in [0.2, 0.25) is 11.9 Å². The van der Waals surface area contributed by atoms with Crippen molar-refractivity contribution in [3.05, 3.63) is 45.7 Å². The van der Waals surface area contributed by atoms with Gasteiger partial charge in [-0.1, -0.05) is 0 Å². The number of carbonyl (C=O) groups excluding carboxylic acids is 4. The van der Waals surface area contributed by atoms with E-state index in [1.54, 1.807) is 36.7 Å². The van der Waals surface area contributed by atoms with Crippen LogP contribution in [0.1, 0.15) is 43.5 Å². The number of aromatic nitrogens is 4. The molecule has 4 fully saturated rings. The molecule has 49 heavy (non-hydrogen) atoms. The van der Waals surface area contributed by atoms with Crippen LogP contribution in [0.3, 0.4) is 0 Å². The number of nitrogens with zero attached hydrogens (tertiary/aromatic N) is 8. The molecular formula is C33H42N10O4S2. The summed E-state index contributed by atoms with van der Waals surface area (Å²) in [5.41, 5.74) is 1.25. The number of hydrogen-bond donors (Lipinski definition) is 2. The maximum Gasteiger partial charge on any atom is 0.290 e. The Morgan fingerprint density at radius 1 is 0.714 bits per heavy atom. The molecule has 4 aliphatic rings. The minimum absolute atomic E-state index is 0.352. The molecule has 0 spiro atoms. The number of rotatable bonds is 12. The highest BCUT2D eigenvalue weighted by Gasteiger charge is 2.27. The highest BCUT2D eigenvalue weighted by Crippen LogP contribution is 2.28. The average molecular weight is 707 g/mol. The second kappa shape index (κ2) is 16.2. The highest BCUT2D eigenvalue weighted by atomic mass is 32.2. The predicted molar refractivity (Wildman–Crippen MR) is 192 cm³/mol. The minimum Gasteiger partial charge on any atom is -0.341 e. The molecule has 4 aliphatic heterocycles. The first-order valence-electron chi connectivity index (χ1n) is 16.7. The van der Waals surface area contributed by atoms with E-state index in [1.807, 2.05) is 0 Å². The molecule has 0 atom stereocenters. The molecule has 0 saturated carbocycles. The minimum atomic E-state index is -0.383. The van der Waals surface area contributed by atoms with Crippen molar-refractivity contribution in [2.24, 2.45) is 11.8 Å².